The smallest absolute Gasteiger partial charge is 0.409 e. The zero-order valence-electron chi connectivity index (χ0n) is 9.53. The molecule has 0 aliphatic carbocycles. The molecule has 9 heteroatoms. The van der Waals surface area contributed by atoms with Crippen LogP contribution in [0, 0.1) is 0 Å². The van der Waals surface area contributed by atoms with Gasteiger partial charge in [-0.3, -0.25) is 0 Å². The third-order valence-electron chi connectivity index (χ3n) is 2.04. The molecule has 0 heterocycles. The Bertz CT molecular complexity index is 488. The highest BCUT2D eigenvalue weighted by atomic mass is 19.4. The highest BCUT2D eigenvalue weighted by molar-refractivity contribution is 5.93. The molecule has 0 spiro atoms. The van der Waals surface area contributed by atoms with E-state index in [4.69, 9.17) is 10.9 Å². The Hall–Kier alpha value is -2.45. The van der Waals surface area contributed by atoms with Gasteiger partial charge < -0.3 is 21.6 Å². The number of rotatable bonds is 3. The van der Waals surface area contributed by atoms with Crippen molar-refractivity contribution in [2.24, 2.45) is 10.9 Å². The summed E-state index contributed by atoms with van der Waals surface area (Å²) in [4.78, 5) is 11.3. The molecule has 19 heavy (non-hydrogen) atoms. The number of benzene rings is 1. The summed E-state index contributed by atoms with van der Waals surface area (Å²) in [6.45, 7) is -0.295. The van der Waals surface area contributed by atoms with Crippen molar-refractivity contribution in [1.29, 1.82) is 0 Å². The SMILES string of the molecule is NC(CNC(=O)Nc1ccccc1C(F)(F)F)=NO. The van der Waals surface area contributed by atoms with Crippen LogP contribution < -0.4 is 16.4 Å². The van der Waals surface area contributed by atoms with E-state index >= 15 is 0 Å². The molecule has 1 rings (SSSR count). The third kappa shape index (κ3) is 4.37. The van der Waals surface area contributed by atoms with Gasteiger partial charge in [-0.15, -0.1) is 0 Å². The van der Waals surface area contributed by atoms with Crippen molar-refractivity contribution in [1.82, 2.24) is 5.32 Å². The van der Waals surface area contributed by atoms with Crippen molar-refractivity contribution in [2.75, 3.05) is 11.9 Å². The number of hydrogen-bond donors (Lipinski definition) is 4. The van der Waals surface area contributed by atoms with E-state index in [-0.39, 0.29) is 18.1 Å². The minimum Gasteiger partial charge on any atom is -0.409 e. The number of oxime groups is 1. The summed E-state index contributed by atoms with van der Waals surface area (Å²) in [7, 11) is 0. The molecular formula is C10H11F3N4O2. The van der Waals surface area contributed by atoms with Crippen molar-refractivity contribution in [3.8, 4) is 0 Å². The molecule has 5 N–H and O–H groups in total. The Kier molecular flexibility index (Phi) is 4.56. The van der Waals surface area contributed by atoms with E-state index in [0.29, 0.717) is 0 Å². The number of carbonyl (C=O) groups excluding carboxylic acids is 1. The first-order chi connectivity index (χ1) is 8.84. The maximum absolute atomic E-state index is 12.6. The number of para-hydroxylation sites is 1. The zero-order chi connectivity index (χ0) is 14.5. The molecular weight excluding hydrogens is 265 g/mol. The van der Waals surface area contributed by atoms with Gasteiger partial charge in [-0.05, 0) is 12.1 Å². The summed E-state index contributed by atoms with van der Waals surface area (Å²) in [5.41, 5.74) is 3.74. The van der Waals surface area contributed by atoms with Crippen molar-refractivity contribution in [2.45, 2.75) is 6.18 Å². The van der Waals surface area contributed by atoms with Crippen LogP contribution in [0.1, 0.15) is 5.56 Å². The minimum atomic E-state index is -4.57. The molecule has 6 nitrogen and oxygen atoms in total. The lowest BCUT2D eigenvalue weighted by molar-refractivity contribution is -0.136. The number of urea groups is 1. The fourth-order valence-electron chi connectivity index (χ4n) is 1.21. The van der Waals surface area contributed by atoms with Crippen LogP contribution >= 0.6 is 0 Å². The molecule has 104 valence electrons. The molecule has 0 unspecified atom stereocenters. The Labute approximate surface area is 106 Å². The van der Waals surface area contributed by atoms with Crippen molar-refractivity contribution >= 4 is 17.6 Å². The lowest BCUT2D eigenvalue weighted by Crippen LogP contribution is -2.36. The van der Waals surface area contributed by atoms with Gasteiger partial charge in [0, 0.05) is 0 Å². The van der Waals surface area contributed by atoms with Crippen LogP contribution in [0.5, 0.6) is 0 Å². The zero-order valence-corrected chi connectivity index (χ0v) is 9.53. The first-order valence-electron chi connectivity index (χ1n) is 5.02. The summed E-state index contributed by atoms with van der Waals surface area (Å²) in [6.07, 6.45) is -4.57. The largest absolute Gasteiger partial charge is 0.418 e. The monoisotopic (exact) mass is 276 g/mol. The summed E-state index contributed by atoms with van der Waals surface area (Å²) in [6, 6.07) is 3.63. The average Bonchev–Trinajstić information content (AvgIpc) is 2.35. The molecule has 0 radical (unpaired) electrons. The van der Waals surface area contributed by atoms with Crippen LogP contribution in [0.2, 0.25) is 0 Å². The number of nitrogens with two attached hydrogens (primary N) is 1. The fourth-order valence-corrected chi connectivity index (χ4v) is 1.21. The Morgan fingerprint density at radius 3 is 2.58 bits per heavy atom. The third-order valence-corrected chi connectivity index (χ3v) is 2.04. The van der Waals surface area contributed by atoms with E-state index in [1.807, 2.05) is 5.32 Å². The lowest BCUT2D eigenvalue weighted by Gasteiger charge is -2.13. The van der Waals surface area contributed by atoms with Crippen LogP contribution in [0.4, 0.5) is 23.7 Å². The number of hydrogen-bond acceptors (Lipinski definition) is 3. The van der Waals surface area contributed by atoms with Gasteiger partial charge in [0.15, 0.2) is 5.84 Å². The normalized spacial score (nSPS) is 12.1. The van der Waals surface area contributed by atoms with E-state index < -0.39 is 17.8 Å². The van der Waals surface area contributed by atoms with Crippen LogP contribution in [0.15, 0.2) is 29.4 Å². The molecule has 0 aliphatic rings. The second-order valence-corrected chi connectivity index (χ2v) is 3.44. The van der Waals surface area contributed by atoms with E-state index in [1.54, 1.807) is 0 Å². The van der Waals surface area contributed by atoms with Crippen LogP contribution in [0.25, 0.3) is 0 Å². The number of nitrogens with one attached hydrogen (secondary N) is 2. The predicted octanol–water partition coefficient (Wildman–Crippen LogP) is 1.57. The topological polar surface area (TPSA) is 99.7 Å². The van der Waals surface area contributed by atoms with E-state index in [9.17, 15) is 18.0 Å². The maximum Gasteiger partial charge on any atom is 0.418 e. The highest BCUT2D eigenvalue weighted by Gasteiger charge is 2.33. The van der Waals surface area contributed by atoms with Gasteiger partial charge in [-0.1, -0.05) is 17.3 Å². The van der Waals surface area contributed by atoms with Gasteiger partial charge >= 0.3 is 12.2 Å². The van der Waals surface area contributed by atoms with Gasteiger partial charge in [0.1, 0.15) is 0 Å². The van der Waals surface area contributed by atoms with E-state index in [1.165, 1.54) is 12.1 Å². The standard InChI is InChI=1S/C10H11F3N4O2/c11-10(12,13)6-3-1-2-4-7(6)16-9(18)15-5-8(14)17-19/h1-4,19H,5H2,(H2,14,17)(H2,15,16,18). The van der Waals surface area contributed by atoms with Gasteiger partial charge in [0.2, 0.25) is 0 Å². The number of amidine groups is 1. The Morgan fingerprint density at radius 1 is 1.37 bits per heavy atom. The number of amides is 2. The van der Waals surface area contributed by atoms with Crippen LogP contribution in [-0.2, 0) is 6.18 Å². The number of nitrogens with zero attached hydrogens (tertiary/aromatic N) is 1. The van der Waals surface area contributed by atoms with Crippen LogP contribution in [-0.4, -0.2) is 23.6 Å². The van der Waals surface area contributed by atoms with E-state index in [0.717, 1.165) is 12.1 Å². The molecule has 0 atom stereocenters. The summed E-state index contributed by atoms with van der Waals surface area (Å²) < 4.78 is 37.9. The fraction of sp³-hybridized carbons (Fsp3) is 0.200. The maximum atomic E-state index is 12.6. The summed E-state index contributed by atoms with van der Waals surface area (Å²) >= 11 is 0. The highest BCUT2D eigenvalue weighted by Crippen LogP contribution is 2.34. The second-order valence-electron chi connectivity index (χ2n) is 3.44. The Morgan fingerprint density at radius 2 is 2.00 bits per heavy atom. The minimum absolute atomic E-state index is 0.278. The number of carbonyl (C=O) groups is 1. The lowest BCUT2D eigenvalue weighted by atomic mass is 10.1. The van der Waals surface area contributed by atoms with Crippen molar-refractivity contribution < 1.29 is 23.2 Å². The molecule has 2 amide bonds. The first-order valence-corrected chi connectivity index (χ1v) is 5.02. The van der Waals surface area contributed by atoms with Crippen LogP contribution in [0.3, 0.4) is 0 Å². The molecule has 1 aromatic rings. The number of anilines is 1. The molecule has 0 fully saturated rings. The first kappa shape index (κ1) is 14.6. The molecule has 0 aromatic heterocycles. The molecule has 0 bridgehead atoms. The Balaban J connectivity index is 2.75. The molecule has 0 saturated heterocycles. The van der Waals surface area contributed by atoms with Gasteiger partial charge in [0.05, 0.1) is 17.8 Å². The molecule has 1 aromatic carbocycles. The summed E-state index contributed by atoms with van der Waals surface area (Å²) in [5, 5.41) is 15.0. The molecule has 0 saturated carbocycles. The molecule has 0 aliphatic heterocycles. The van der Waals surface area contributed by atoms with Gasteiger partial charge in [0.25, 0.3) is 0 Å². The number of halogens is 3. The van der Waals surface area contributed by atoms with Crippen molar-refractivity contribution in [3.05, 3.63) is 29.8 Å². The van der Waals surface area contributed by atoms with Gasteiger partial charge in [-0.2, -0.15) is 13.2 Å². The predicted molar refractivity (Wildman–Crippen MR) is 61.9 cm³/mol. The number of alkyl halides is 3. The van der Waals surface area contributed by atoms with Gasteiger partial charge in [-0.25, -0.2) is 4.79 Å². The van der Waals surface area contributed by atoms with E-state index in [2.05, 4.69) is 10.5 Å². The quantitative estimate of drug-likeness (QED) is 0.292. The van der Waals surface area contributed by atoms with Crippen molar-refractivity contribution in [3.63, 3.8) is 0 Å². The second kappa shape index (κ2) is 5.94. The average molecular weight is 276 g/mol. The summed E-state index contributed by atoms with van der Waals surface area (Å²) in [5.74, 6) is -0.278.